The molecule has 0 radical (unpaired) electrons. The molecule has 1 atom stereocenters. The Hall–Kier alpha value is -4.57. The maximum Gasteiger partial charge on any atom is 0.253 e. The van der Waals surface area contributed by atoms with Crippen molar-refractivity contribution in [3.8, 4) is 5.75 Å². The van der Waals surface area contributed by atoms with E-state index in [-0.39, 0.29) is 11.4 Å². The third kappa shape index (κ3) is 5.30. The van der Waals surface area contributed by atoms with E-state index in [1.54, 1.807) is 19.2 Å². The quantitative estimate of drug-likeness (QED) is 0.321. The molecule has 3 aromatic carbocycles. The van der Waals surface area contributed by atoms with E-state index < -0.39 is 6.04 Å². The van der Waals surface area contributed by atoms with E-state index in [2.05, 4.69) is 42.4 Å². The van der Waals surface area contributed by atoms with Crippen molar-refractivity contribution in [2.45, 2.75) is 19.0 Å². The average Bonchev–Trinajstić information content (AvgIpc) is 3.45. The molecule has 1 saturated heterocycles. The highest BCUT2D eigenvalue weighted by Crippen LogP contribution is 2.30. The van der Waals surface area contributed by atoms with Gasteiger partial charge in [-0.3, -0.25) is 9.69 Å². The number of aromatic nitrogens is 5. The van der Waals surface area contributed by atoms with E-state index in [9.17, 15) is 9.18 Å². The molecule has 204 valence electrons. The topological polar surface area (TPSA) is 92.2 Å². The van der Waals surface area contributed by atoms with Crippen molar-refractivity contribution in [1.29, 1.82) is 0 Å². The zero-order valence-electron chi connectivity index (χ0n) is 22.2. The molecule has 1 N–H and O–H groups in total. The number of aromatic amines is 1. The smallest absolute Gasteiger partial charge is 0.253 e. The number of fused-ring (bicyclic) bond motifs is 1. The first kappa shape index (κ1) is 25.7. The van der Waals surface area contributed by atoms with Crippen LogP contribution in [0, 0.1) is 5.82 Å². The van der Waals surface area contributed by atoms with Crippen LogP contribution in [0.5, 0.6) is 5.75 Å². The van der Waals surface area contributed by atoms with Crippen molar-refractivity contribution < 1.29 is 9.13 Å². The Kier molecular flexibility index (Phi) is 7.24. The summed E-state index contributed by atoms with van der Waals surface area (Å²) >= 11 is 0. The van der Waals surface area contributed by atoms with Gasteiger partial charge < -0.3 is 14.6 Å². The van der Waals surface area contributed by atoms with Gasteiger partial charge in [0.2, 0.25) is 0 Å². The summed E-state index contributed by atoms with van der Waals surface area (Å²) in [7, 11) is 1.60. The Bertz CT molecular complexity index is 1640. The fourth-order valence-corrected chi connectivity index (χ4v) is 5.36. The van der Waals surface area contributed by atoms with Crippen LogP contribution in [0.25, 0.3) is 10.9 Å². The van der Waals surface area contributed by atoms with Gasteiger partial charge in [0.25, 0.3) is 5.56 Å². The van der Waals surface area contributed by atoms with E-state index in [4.69, 9.17) is 4.74 Å². The summed E-state index contributed by atoms with van der Waals surface area (Å²) < 4.78 is 20.6. The Balaban J connectivity index is 1.34. The molecule has 1 aliphatic heterocycles. The molecule has 0 saturated carbocycles. The third-order valence-electron chi connectivity index (χ3n) is 7.51. The summed E-state index contributed by atoms with van der Waals surface area (Å²) in [5.41, 5.74) is 3.26. The molecule has 1 aliphatic rings. The fraction of sp³-hybridized carbons (Fsp3) is 0.267. The second-order valence-corrected chi connectivity index (χ2v) is 9.90. The Morgan fingerprint density at radius 1 is 0.975 bits per heavy atom. The number of hydrogen-bond acceptors (Lipinski definition) is 7. The lowest BCUT2D eigenvalue weighted by atomic mass is 10.0. The molecule has 1 fully saturated rings. The maximum absolute atomic E-state index is 13.6. The van der Waals surface area contributed by atoms with Gasteiger partial charge in [-0.1, -0.05) is 30.3 Å². The number of nitrogens with zero attached hydrogens (tertiary/aromatic N) is 6. The number of ether oxygens (including phenoxy) is 1. The van der Waals surface area contributed by atoms with E-state index in [1.807, 2.05) is 47.1 Å². The first-order valence-electron chi connectivity index (χ1n) is 13.3. The van der Waals surface area contributed by atoms with E-state index in [0.29, 0.717) is 42.3 Å². The third-order valence-corrected chi connectivity index (χ3v) is 7.51. The Morgan fingerprint density at radius 3 is 2.50 bits per heavy atom. The van der Waals surface area contributed by atoms with Crippen molar-refractivity contribution in [3.05, 3.63) is 112 Å². The molecule has 6 rings (SSSR count). The first-order valence-corrected chi connectivity index (χ1v) is 13.3. The first-order chi connectivity index (χ1) is 19.6. The lowest BCUT2D eigenvalue weighted by Crippen LogP contribution is -2.49. The Labute approximate surface area is 230 Å². The van der Waals surface area contributed by atoms with Crippen LogP contribution in [0.4, 0.5) is 10.1 Å². The predicted octanol–water partition coefficient (Wildman–Crippen LogP) is 3.82. The molecule has 5 aromatic rings. The number of pyridine rings is 1. The molecule has 9 nitrogen and oxygen atoms in total. The van der Waals surface area contributed by atoms with Gasteiger partial charge in [-0.05, 0) is 70.3 Å². The highest BCUT2D eigenvalue weighted by atomic mass is 19.1. The fourth-order valence-electron chi connectivity index (χ4n) is 5.36. The minimum Gasteiger partial charge on any atom is -0.497 e. The number of aryl methyl sites for hydroxylation is 2. The van der Waals surface area contributed by atoms with Crippen LogP contribution in [0.3, 0.4) is 0 Å². The van der Waals surface area contributed by atoms with Crippen LogP contribution in [-0.4, -0.2) is 63.4 Å². The van der Waals surface area contributed by atoms with Crippen molar-refractivity contribution in [2.24, 2.45) is 0 Å². The van der Waals surface area contributed by atoms with Gasteiger partial charge in [0.15, 0.2) is 5.82 Å². The summed E-state index contributed by atoms with van der Waals surface area (Å²) in [4.78, 5) is 21.1. The van der Waals surface area contributed by atoms with E-state index in [1.165, 1.54) is 17.7 Å². The van der Waals surface area contributed by atoms with Gasteiger partial charge in [0.05, 0.1) is 12.6 Å². The van der Waals surface area contributed by atoms with Gasteiger partial charge in [-0.25, -0.2) is 9.07 Å². The minimum absolute atomic E-state index is 0.190. The number of methoxy groups -OCH3 is 1. The molecule has 0 spiro atoms. The molecule has 10 heteroatoms. The molecule has 0 aliphatic carbocycles. The van der Waals surface area contributed by atoms with Crippen molar-refractivity contribution >= 4 is 16.6 Å². The monoisotopic (exact) mass is 539 g/mol. The number of nitrogens with one attached hydrogen (secondary N) is 1. The maximum atomic E-state index is 13.6. The van der Waals surface area contributed by atoms with Gasteiger partial charge in [-0.2, -0.15) is 0 Å². The number of hydrogen-bond donors (Lipinski definition) is 1. The SMILES string of the molecule is COc1ccc2cc(C(c3nnnn3CCc3ccccc3)N3CCN(c4ccc(F)cc4)CC3)c(=O)[nH]c2c1. The van der Waals surface area contributed by atoms with Crippen LogP contribution in [0.15, 0.2) is 83.7 Å². The largest absolute Gasteiger partial charge is 0.497 e. The van der Waals surface area contributed by atoms with Crippen LogP contribution in [-0.2, 0) is 13.0 Å². The van der Waals surface area contributed by atoms with Crippen molar-refractivity contribution in [1.82, 2.24) is 30.1 Å². The average molecular weight is 540 g/mol. The molecule has 0 bridgehead atoms. The molecule has 3 heterocycles. The van der Waals surface area contributed by atoms with Gasteiger partial charge in [-0.15, -0.1) is 5.10 Å². The van der Waals surface area contributed by atoms with Gasteiger partial charge >= 0.3 is 0 Å². The highest BCUT2D eigenvalue weighted by Gasteiger charge is 2.32. The molecule has 2 aromatic heterocycles. The summed E-state index contributed by atoms with van der Waals surface area (Å²) in [6.07, 6.45) is 0.762. The number of benzene rings is 3. The number of halogens is 1. The minimum atomic E-state index is -0.448. The zero-order valence-corrected chi connectivity index (χ0v) is 22.2. The normalized spacial score (nSPS) is 14.9. The molecule has 40 heavy (non-hydrogen) atoms. The van der Waals surface area contributed by atoms with Crippen LogP contribution in [0.2, 0.25) is 0 Å². The predicted molar refractivity (Wildman–Crippen MR) is 151 cm³/mol. The van der Waals surface area contributed by atoms with E-state index in [0.717, 1.165) is 30.6 Å². The molecule has 1 unspecified atom stereocenters. The second-order valence-electron chi connectivity index (χ2n) is 9.90. The highest BCUT2D eigenvalue weighted by molar-refractivity contribution is 5.80. The summed E-state index contributed by atoms with van der Waals surface area (Å²) in [5, 5.41) is 13.7. The van der Waals surface area contributed by atoms with Crippen molar-refractivity contribution in [3.63, 3.8) is 0 Å². The second kappa shape index (κ2) is 11.3. The lowest BCUT2D eigenvalue weighted by molar-refractivity contribution is 0.199. The van der Waals surface area contributed by atoms with Crippen LogP contribution >= 0.6 is 0 Å². The number of H-pyrrole nitrogens is 1. The summed E-state index contributed by atoms with van der Waals surface area (Å²) in [5.74, 6) is 1.05. The molecule has 0 amide bonds. The molecular weight excluding hydrogens is 509 g/mol. The van der Waals surface area contributed by atoms with Gasteiger partial charge in [0, 0.05) is 50.0 Å². The lowest BCUT2D eigenvalue weighted by Gasteiger charge is -2.39. The van der Waals surface area contributed by atoms with E-state index >= 15 is 0 Å². The molecular formula is C30H30FN7O2. The number of anilines is 1. The van der Waals surface area contributed by atoms with Crippen LogP contribution in [0.1, 0.15) is 23.0 Å². The Morgan fingerprint density at radius 2 is 1.75 bits per heavy atom. The number of tetrazole rings is 1. The summed E-state index contributed by atoms with van der Waals surface area (Å²) in [6, 6.07) is 23.9. The number of rotatable bonds is 8. The number of piperazine rings is 1. The summed E-state index contributed by atoms with van der Waals surface area (Å²) in [6.45, 7) is 3.37. The standard InChI is InChI=1S/C30H30FN7O2/c1-40-25-12-7-22-19-26(30(39)32-27(22)20-25)28(29-33-34-35-38(29)14-13-21-5-3-2-4-6-21)37-17-15-36(16-18-37)24-10-8-23(31)9-11-24/h2-12,19-20,28H,13-18H2,1H3,(H,32,39). The zero-order chi connectivity index (χ0) is 27.5. The van der Waals surface area contributed by atoms with Gasteiger partial charge in [0.1, 0.15) is 17.6 Å². The van der Waals surface area contributed by atoms with Crippen molar-refractivity contribution in [2.75, 3.05) is 38.2 Å². The van der Waals surface area contributed by atoms with Crippen LogP contribution < -0.4 is 15.2 Å².